The van der Waals surface area contributed by atoms with Gasteiger partial charge in [0.25, 0.3) is 0 Å². The Morgan fingerprint density at radius 1 is 1.21 bits per heavy atom. The molecule has 0 fully saturated rings. The van der Waals surface area contributed by atoms with Crippen LogP contribution in [0.5, 0.6) is 0 Å². The van der Waals surface area contributed by atoms with Crippen molar-refractivity contribution in [2.75, 3.05) is 20.1 Å². The number of amides is 2. The van der Waals surface area contributed by atoms with Crippen molar-refractivity contribution in [3.63, 3.8) is 0 Å². The van der Waals surface area contributed by atoms with Crippen LogP contribution in [0.2, 0.25) is 0 Å². The van der Waals surface area contributed by atoms with Crippen LogP contribution in [0.1, 0.15) is 31.2 Å². The van der Waals surface area contributed by atoms with Crippen LogP contribution in [0.3, 0.4) is 0 Å². The average Bonchev–Trinajstić information content (AvgIpc) is 2.58. The molecule has 0 aliphatic carbocycles. The van der Waals surface area contributed by atoms with Gasteiger partial charge in [-0.25, -0.2) is 0 Å². The number of benzene rings is 1. The monoisotopic (exact) mass is 332 g/mol. The maximum Gasteiger partial charge on any atom is 0.245 e. The average molecular weight is 332 g/mol. The molecule has 1 aromatic rings. The van der Waals surface area contributed by atoms with Gasteiger partial charge in [0.15, 0.2) is 0 Å². The van der Waals surface area contributed by atoms with E-state index < -0.39 is 6.04 Å². The lowest BCUT2D eigenvalue weighted by Gasteiger charge is -2.23. The summed E-state index contributed by atoms with van der Waals surface area (Å²) >= 11 is 0. The minimum absolute atomic E-state index is 0.115. The summed E-state index contributed by atoms with van der Waals surface area (Å²) in [4.78, 5) is 36.3. The van der Waals surface area contributed by atoms with E-state index in [1.165, 1.54) is 11.9 Å². The molecule has 3 N–H and O–H groups in total. The summed E-state index contributed by atoms with van der Waals surface area (Å²) in [5.74, 6) is -0.456. The first kappa shape index (κ1) is 19.8. The summed E-state index contributed by atoms with van der Waals surface area (Å²) in [5.41, 5.74) is 6.38. The molecule has 0 aliphatic heterocycles. The number of rotatable bonds is 11. The molecule has 24 heavy (non-hydrogen) atoms. The predicted molar refractivity (Wildman–Crippen MR) is 92.9 cm³/mol. The normalized spacial score (nSPS) is 11.6. The standard InChI is InChI=1S/C18H26N3O3/c1-21(12-13-22)18(24)16(14-15-8-4-2-5-9-15)20-17(23)10-6-3-7-11-19/h2,4-5,8-9,16H,3,6-7,10-12,14,19H2,1H3,(H,20,23)/t16-/m0/s1. The van der Waals surface area contributed by atoms with Gasteiger partial charge in [-0.3, -0.25) is 14.4 Å². The third kappa shape index (κ3) is 7.37. The minimum Gasteiger partial charge on any atom is -0.344 e. The first-order valence-corrected chi connectivity index (χ1v) is 8.21. The zero-order valence-electron chi connectivity index (χ0n) is 14.2. The number of hydrogen-bond acceptors (Lipinski definition) is 4. The van der Waals surface area contributed by atoms with E-state index in [2.05, 4.69) is 5.32 Å². The van der Waals surface area contributed by atoms with Gasteiger partial charge in [0, 0.05) is 19.9 Å². The fourth-order valence-corrected chi connectivity index (χ4v) is 2.36. The molecule has 6 heteroatoms. The van der Waals surface area contributed by atoms with Crippen LogP contribution in [-0.4, -0.2) is 49.2 Å². The molecule has 0 unspecified atom stereocenters. The second-order valence-electron chi connectivity index (χ2n) is 5.75. The van der Waals surface area contributed by atoms with E-state index in [4.69, 9.17) is 5.73 Å². The van der Waals surface area contributed by atoms with Crippen molar-refractivity contribution in [1.29, 1.82) is 0 Å². The second-order valence-corrected chi connectivity index (χ2v) is 5.75. The van der Waals surface area contributed by atoms with Crippen LogP contribution in [0.15, 0.2) is 30.3 Å². The van der Waals surface area contributed by atoms with E-state index in [-0.39, 0.29) is 18.4 Å². The highest BCUT2D eigenvalue weighted by Gasteiger charge is 2.24. The highest BCUT2D eigenvalue weighted by atomic mass is 16.2. The molecule has 0 bridgehead atoms. The molecule has 1 radical (unpaired) electrons. The van der Waals surface area contributed by atoms with E-state index >= 15 is 0 Å². The van der Waals surface area contributed by atoms with E-state index in [0.29, 0.717) is 19.4 Å². The molecule has 1 atom stereocenters. The van der Waals surface area contributed by atoms with Crippen LogP contribution in [0.25, 0.3) is 0 Å². The Morgan fingerprint density at radius 3 is 2.54 bits per heavy atom. The number of nitrogens with zero attached hydrogens (tertiary/aromatic N) is 1. The molecule has 2 amide bonds. The van der Waals surface area contributed by atoms with Crippen LogP contribution in [0, 0.1) is 0 Å². The minimum atomic E-state index is -0.687. The van der Waals surface area contributed by atoms with Gasteiger partial charge in [-0.15, -0.1) is 0 Å². The van der Waals surface area contributed by atoms with E-state index in [1.807, 2.05) is 30.3 Å². The van der Waals surface area contributed by atoms with Crippen LogP contribution >= 0.6 is 0 Å². The number of likely N-dealkylation sites (N-methyl/N-ethyl adjacent to an activating group) is 1. The maximum atomic E-state index is 12.5. The lowest BCUT2D eigenvalue weighted by Crippen LogP contribution is -2.49. The number of nitrogens with one attached hydrogen (secondary N) is 1. The molecule has 131 valence electrons. The first-order valence-electron chi connectivity index (χ1n) is 8.21. The highest BCUT2D eigenvalue weighted by molar-refractivity contribution is 5.88. The van der Waals surface area contributed by atoms with Gasteiger partial charge < -0.3 is 16.0 Å². The third-order valence-corrected chi connectivity index (χ3v) is 3.70. The van der Waals surface area contributed by atoms with Crippen molar-refractivity contribution in [2.24, 2.45) is 5.73 Å². The molecule has 0 saturated heterocycles. The largest absolute Gasteiger partial charge is 0.344 e. The van der Waals surface area contributed by atoms with Crippen LogP contribution in [-0.2, 0) is 20.8 Å². The van der Waals surface area contributed by atoms with Gasteiger partial charge >= 0.3 is 0 Å². The van der Waals surface area contributed by atoms with Crippen molar-refractivity contribution in [3.05, 3.63) is 35.9 Å². The van der Waals surface area contributed by atoms with Gasteiger partial charge in [-0.05, 0) is 24.9 Å². The van der Waals surface area contributed by atoms with Crippen LogP contribution in [0.4, 0.5) is 0 Å². The Bertz CT molecular complexity index is 520. The fraction of sp³-hybridized carbons (Fsp3) is 0.500. The molecule has 6 nitrogen and oxygen atoms in total. The van der Waals surface area contributed by atoms with E-state index in [1.54, 1.807) is 6.29 Å². The molecule has 1 rings (SSSR count). The lowest BCUT2D eigenvalue weighted by molar-refractivity contribution is -0.134. The highest BCUT2D eigenvalue weighted by Crippen LogP contribution is 2.07. The molecular formula is C18H26N3O3. The van der Waals surface area contributed by atoms with E-state index in [0.717, 1.165) is 24.8 Å². The van der Waals surface area contributed by atoms with Gasteiger partial charge in [0.2, 0.25) is 18.1 Å². The predicted octanol–water partition coefficient (Wildman–Crippen LogP) is 0.801. The quantitative estimate of drug-likeness (QED) is 0.586. The van der Waals surface area contributed by atoms with Gasteiger partial charge in [-0.2, -0.15) is 0 Å². The topological polar surface area (TPSA) is 92.5 Å². The smallest absolute Gasteiger partial charge is 0.245 e. The Morgan fingerprint density at radius 2 is 1.92 bits per heavy atom. The van der Waals surface area contributed by atoms with Gasteiger partial charge in [0.05, 0.1) is 6.54 Å². The number of carbonyl (C=O) groups is 2. The number of unbranched alkanes of at least 4 members (excludes halogenated alkanes) is 2. The summed E-state index contributed by atoms with van der Waals surface area (Å²) in [6.07, 6.45) is 4.97. The molecule has 1 aromatic carbocycles. The lowest BCUT2D eigenvalue weighted by atomic mass is 10.0. The summed E-state index contributed by atoms with van der Waals surface area (Å²) in [6, 6.07) is 8.78. The Hall–Kier alpha value is -2.21. The van der Waals surface area contributed by atoms with Crippen molar-refractivity contribution < 1.29 is 14.4 Å². The zero-order valence-corrected chi connectivity index (χ0v) is 14.2. The summed E-state index contributed by atoms with van der Waals surface area (Å²) in [6.45, 7) is 0.500. The molecule has 0 aliphatic rings. The first-order chi connectivity index (χ1) is 11.6. The number of hydrogen-bond donors (Lipinski definition) is 2. The zero-order chi connectivity index (χ0) is 17.8. The van der Waals surface area contributed by atoms with Gasteiger partial charge in [0.1, 0.15) is 6.04 Å². The Labute approximate surface area is 143 Å². The number of nitrogens with two attached hydrogens (primary N) is 1. The number of carbonyl (C=O) groups excluding carboxylic acids is 3. The second kappa shape index (κ2) is 11.3. The van der Waals surface area contributed by atoms with Crippen LogP contribution < -0.4 is 11.1 Å². The van der Waals surface area contributed by atoms with Gasteiger partial charge in [-0.1, -0.05) is 36.8 Å². The SMILES string of the molecule is CN(C[C]=O)C(=O)[C@H](Cc1ccccc1)NC(=O)CCCCCN. The van der Waals surface area contributed by atoms with Crippen molar-refractivity contribution in [2.45, 2.75) is 38.1 Å². The molecule has 0 saturated carbocycles. The molecule has 0 heterocycles. The molecule has 0 spiro atoms. The van der Waals surface area contributed by atoms with Crippen molar-refractivity contribution in [3.8, 4) is 0 Å². The summed E-state index contributed by atoms with van der Waals surface area (Å²) < 4.78 is 0. The van der Waals surface area contributed by atoms with Crippen molar-refractivity contribution in [1.82, 2.24) is 10.2 Å². The Balaban J connectivity index is 2.68. The fourth-order valence-electron chi connectivity index (χ4n) is 2.36. The maximum absolute atomic E-state index is 12.5. The molecule has 0 aromatic heterocycles. The molecular weight excluding hydrogens is 306 g/mol. The summed E-state index contributed by atoms with van der Waals surface area (Å²) in [7, 11) is 1.53. The summed E-state index contributed by atoms with van der Waals surface area (Å²) in [5, 5.41) is 2.79. The van der Waals surface area contributed by atoms with Crippen molar-refractivity contribution >= 4 is 18.1 Å². The Kier molecular flexibility index (Phi) is 9.38. The third-order valence-electron chi connectivity index (χ3n) is 3.70. The van der Waals surface area contributed by atoms with E-state index in [9.17, 15) is 14.4 Å².